The molecular formula is C21H27FN2O7S. The maximum Gasteiger partial charge on any atom is 0.344 e. The average Bonchev–Trinajstić information content (AvgIpc) is 3.03. The molecular weight excluding hydrogens is 443 g/mol. The summed E-state index contributed by atoms with van der Waals surface area (Å²) in [5.74, 6) is -1.88. The van der Waals surface area contributed by atoms with Crippen molar-refractivity contribution in [1.29, 1.82) is 0 Å². The maximum atomic E-state index is 12.9. The topological polar surface area (TPSA) is 111 Å². The van der Waals surface area contributed by atoms with E-state index in [0.29, 0.717) is 5.56 Å². The number of hydrogen-bond acceptors (Lipinski definition) is 8. The van der Waals surface area contributed by atoms with Gasteiger partial charge >= 0.3 is 5.97 Å². The Hall–Kier alpha value is -2.82. The van der Waals surface area contributed by atoms with Gasteiger partial charge in [0, 0.05) is 18.1 Å². The third kappa shape index (κ3) is 6.12. The van der Waals surface area contributed by atoms with Gasteiger partial charge in [-0.05, 0) is 33.3 Å². The number of rotatable bonds is 6. The van der Waals surface area contributed by atoms with Crippen molar-refractivity contribution in [2.45, 2.75) is 65.6 Å². The first-order valence-corrected chi connectivity index (χ1v) is 10.8. The molecule has 2 aliphatic rings. The van der Waals surface area contributed by atoms with Gasteiger partial charge in [-0.2, -0.15) is 0 Å². The van der Waals surface area contributed by atoms with E-state index in [4.69, 9.17) is 13.7 Å². The van der Waals surface area contributed by atoms with Gasteiger partial charge in [-0.3, -0.25) is 19.7 Å². The number of imide groups is 1. The van der Waals surface area contributed by atoms with E-state index in [1.54, 1.807) is 20.8 Å². The number of nitrogens with zero attached hydrogens (tertiary/aromatic N) is 1. The Labute approximate surface area is 190 Å². The predicted octanol–water partition coefficient (Wildman–Crippen LogP) is 3.11. The minimum absolute atomic E-state index is 0.0129. The summed E-state index contributed by atoms with van der Waals surface area (Å²) in [5.41, 5.74) is -0.0913. The lowest BCUT2D eigenvalue weighted by atomic mass is 10.0. The van der Waals surface area contributed by atoms with E-state index >= 15 is 0 Å². The van der Waals surface area contributed by atoms with Gasteiger partial charge < -0.3 is 18.6 Å². The molecule has 0 saturated carbocycles. The second-order valence-electron chi connectivity index (χ2n) is 7.87. The number of esters is 1. The first-order chi connectivity index (χ1) is 15.1. The molecule has 1 N–H and O–H groups in total. The lowest BCUT2D eigenvalue weighted by Crippen LogP contribution is -2.52. The number of halogens is 1. The summed E-state index contributed by atoms with van der Waals surface area (Å²) in [7, 11) is 0. The number of benzene rings is 1. The van der Waals surface area contributed by atoms with Gasteiger partial charge in [0.05, 0.1) is 12.1 Å². The first-order valence-electron chi connectivity index (χ1n) is 10.2. The molecule has 0 aromatic heterocycles. The molecule has 32 heavy (non-hydrogen) atoms. The van der Waals surface area contributed by atoms with Crippen LogP contribution in [0.5, 0.6) is 11.5 Å². The van der Waals surface area contributed by atoms with E-state index < -0.39 is 54.4 Å². The zero-order valence-electron chi connectivity index (χ0n) is 18.7. The highest BCUT2D eigenvalue weighted by Crippen LogP contribution is 2.38. The smallest absolute Gasteiger partial charge is 0.344 e. The van der Waals surface area contributed by atoms with E-state index in [2.05, 4.69) is 5.32 Å². The van der Waals surface area contributed by atoms with Gasteiger partial charge in [0.2, 0.25) is 11.8 Å². The van der Waals surface area contributed by atoms with Gasteiger partial charge in [-0.25, -0.2) is 4.79 Å². The molecule has 176 valence electrons. The van der Waals surface area contributed by atoms with Gasteiger partial charge in [-0.1, -0.05) is 13.8 Å². The van der Waals surface area contributed by atoms with Crippen LogP contribution < -0.4 is 14.2 Å². The highest BCUT2D eigenvalue weighted by atomic mass is 32.2. The summed E-state index contributed by atoms with van der Waals surface area (Å²) < 4.78 is 28.1. The molecule has 2 heterocycles. The predicted molar refractivity (Wildman–Crippen MR) is 115 cm³/mol. The summed E-state index contributed by atoms with van der Waals surface area (Å²) in [6.45, 7) is 8.75. The average molecular weight is 471 g/mol. The first kappa shape index (κ1) is 25.4. The summed E-state index contributed by atoms with van der Waals surface area (Å²) in [6, 6.07) is 1.88. The Balaban J connectivity index is 0.00000176. The zero-order valence-corrected chi connectivity index (χ0v) is 19.5. The molecule has 1 unspecified atom stereocenters. The summed E-state index contributed by atoms with van der Waals surface area (Å²) in [4.78, 5) is 49.8. The molecule has 1 aromatic rings. The van der Waals surface area contributed by atoms with Crippen LogP contribution in [-0.4, -0.2) is 46.8 Å². The van der Waals surface area contributed by atoms with Gasteiger partial charge in [0.1, 0.15) is 23.1 Å². The van der Waals surface area contributed by atoms with Crippen LogP contribution in [-0.2, 0) is 25.7 Å². The van der Waals surface area contributed by atoms with E-state index in [1.165, 1.54) is 17.0 Å². The van der Waals surface area contributed by atoms with Crippen LogP contribution >= 0.6 is 12.4 Å². The number of amides is 3. The number of piperidine rings is 1. The van der Waals surface area contributed by atoms with Crippen LogP contribution in [0.1, 0.15) is 63.4 Å². The third-order valence-electron chi connectivity index (χ3n) is 4.48. The minimum Gasteiger partial charge on any atom is -0.481 e. The molecule has 0 aliphatic carbocycles. The molecule has 1 atom stereocenters. The van der Waals surface area contributed by atoms with Crippen molar-refractivity contribution in [3.8, 4) is 11.5 Å². The van der Waals surface area contributed by atoms with Crippen molar-refractivity contribution in [2.75, 3.05) is 6.61 Å². The van der Waals surface area contributed by atoms with Crippen molar-refractivity contribution < 1.29 is 36.7 Å². The van der Waals surface area contributed by atoms with E-state index in [1.807, 2.05) is 13.8 Å². The summed E-state index contributed by atoms with van der Waals surface area (Å²) in [6.07, 6.45) is 0.313. The number of ether oxygens (including phenoxy) is 2. The second-order valence-corrected chi connectivity index (χ2v) is 8.16. The Kier molecular flexibility index (Phi) is 8.48. The Morgan fingerprint density at radius 1 is 1.25 bits per heavy atom. The molecule has 3 rings (SSSR count). The van der Waals surface area contributed by atoms with Crippen LogP contribution in [0.25, 0.3) is 0 Å². The van der Waals surface area contributed by atoms with Crippen molar-refractivity contribution in [3.63, 3.8) is 0 Å². The molecule has 0 radical (unpaired) electrons. The van der Waals surface area contributed by atoms with Crippen LogP contribution in [0.4, 0.5) is 3.89 Å². The standard InChI is InChI=1S/C19H21FN2O7S.C2H6/c1-19(2,3)28-16(24)9-27-14-7-10(29-30-20)6-11-12(14)8-22(18(11)26)13-4-5-15(23)21-17(13)25;1-2/h6-7,13H,4-5,8-9H2,1-3H3,(H,21,23,25);1-2H3. The molecule has 2 aliphatic heterocycles. The van der Waals surface area contributed by atoms with Gasteiger partial charge in [0.25, 0.3) is 18.3 Å². The number of nitrogens with one attached hydrogen (secondary N) is 1. The molecule has 1 aromatic carbocycles. The number of carbonyl (C=O) groups is 4. The molecule has 3 amide bonds. The highest BCUT2D eigenvalue weighted by molar-refractivity contribution is 7.89. The molecule has 1 fully saturated rings. The van der Waals surface area contributed by atoms with Crippen molar-refractivity contribution in [3.05, 3.63) is 23.3 Å². The third-order valence-corrected chi connectivity index (χ3v) is 4.74. The fourth-order valence-electron chi connectivity index (χ4n) is 3.32. The van der Waals surface area contributed by atoms with Crippen LogP contribution in [0, 0.1) is 0 Å². The van der Waals surface area contributed by atoms with Crippen molar-refractivity contribution >= 4 is 36.1 Å². The number of carbonyl (C=O) groups excluding carboxylic acids is 4. The normalized spacial score (nSPS) is 17.8. The van der Waals surface area contributed by atoms with Gasteiger partial charge in [-0.15, -0.1) is 3.89 Å². The fraction of sp³-hybridized carbons (Fsp3) is 0.524. The van der Waals surface area contributed by atoms with E-state index in [0.717, 1.165) is 0 Å². The summed E-state index contributed by atoms with van der Waals surface area (Å²) >= 11 is -0.402. The van der Waals surface area contributed by atoms with Crippen molar-refractivity contribution in [1.82, 2.24) is 10.2 Å². The Morgan fingerprint density at radius 3 is 2.53 bits per heavy atom. The monoisotopic (exact) mass is 470 g/mol. The number of hydrogen-bond donors (Lipinski definition) is 1. The fourth-order valence-corrected chi connectivity index (χ4v) is 3.49. The lowest BCUT2D eigenvalue weighted by Gasteiger charge is -2.29. The maximum absolute atomic E-state index is 12.9. The molecule has 9 nitrogen and oxygen atoms in total. The second kappa shape index (κ2) is 10.7. The quantitative estimate of drug-likeness (QED) is 0.384. The van der Waals surface area contributed by atoms with E-state index in [9.17, 15) is 23.1 Å². The zero-order chi connectivity index (χ0) is 24.1. The number of fused-ring (bicyclic) bond motifs is 1. The molecule has 11 heteroatoms. The SMILES string of the molecule is CC.CC(C)(C)OC(=O)COc1cc(OSF)cc2c1CN(C1CCC(=O)NC1=O)C2=O. The van der Waals surface area contributed by atoms with Crippen LogP contribution in [0.3, 0.4) is 0 Å². The lowest BCUT2D eigenvalue weighted by molar-refractivity contribution is -0.157. The molecule has 0 bridgehead atoms. The van der Waals surface area contributed by atoms with E-state index in [-0.39, 0.29) is 36.4 Å². The van der Waals surface area contributed by atoms with Crippen molar-refractivity contribution in [2.24, 2.45) is 0 Å². The Bertz CT molecular complexity index is 901. The van der Waals surface area contributed by atoms with Gasteiger partial charge in [0.15, 0.2) is 6.61 Å². The van der Waals surface area contributed by atoms with Crippen LogP contribution in [0.15, 0.2) is 12.1 Å². The Morgan fingerprint density at radius 2 is 1.94 bits per heavy atom. The summed E-state index contributed by atoms with van der Waals surface area (Å²) in [5, 5.41) is 2.22. The molecule has 0 spiro atoms. The van der Waals surface area contributed by atoms with Crippen LogP contribution in [0.2, 0.25) is 0 Å². The largest absolute Gasteiger partial charge is 0.481 e. The molecule has 1 saturated heterocycles. The minimum atomic E-state index is -0.818. The highest BCUT2D eigenvalue weighted by Gasteiger charge is 2.40.